The highest BCUT2D eigenvalue weighted by atomic mass is 79.9. The topological polar surface area (TPSA) is 58.2 Å². The summed E-state index contributed by atoms with van der Waals surface area (Å²) in [5.41, 5.74) is 3.48. The fraction of sp³-hybridized carbons (Fsp3) is 0.412. The van der Waals surface area contributed by atoms with Crippen LogP contribution in [0.15, 0.2) is 28.7 Å². The number of halogens is 1. The number of amides is 1. The summed E-state index contributed by atoms with van der Waals surface area (Å²) in [6.45, 7) is 4.53. The summed E-state index contributed by atoms with van der Waals surface area (Å²) in [6.07, 6.45) is 0.742. The number of nitrogens with zero attached hydrogens (tertiary/aromatic N) is 2. The lowest BCUT2D eigenvalue weighted by Gasteiger charge is -2.25. The van der Waals surface area contributed by atoms with Gasteiger partial charge in [-0.05, 0) is 25.5 Å². The lowest BCUT2D eigenvalue weighted by Crippen LogP contribution is -2.29. The second kappa shape index (κ2) is 6.45. The van der Waals surface area contributed by atoms with Gasteiger partial charge in [0.15, 0.2) is 5.69 Å². The van der Waals surface area contributed by atoms with Gasteiger partial charge in [0, 0.05) is 30.0 Å². The summed E-state index contributed by atoms with van der Waals surface area (Å²) in [6, 6.07) is 7.91. The number of H-pyrrole nitrogens is 1. The van der Waals surface area contributed by atoms with E-state index in [0.29, 0.717) is 18.7 Å². The predicted molar refractivity (Wildman–Crippen MR) is 91.2 cm³/mol. The fourth-order valence-corrected chi connectivity index (χ4v) is 3.40. The summed E-state index contributed by atoms with van der Waals surface area (Å²) in [5.74, 6) is -0.0699. The van der Waals surface area contributed by atoms with Gasteiger partial charge < -0.3 is 9.64 Å². The van der Waals surface area contributed by atoms with Crippen LogP contribution in [0.3, 0.4) is 0 Å². The molecule has 0 bridgehead atoms. The van der Waals surface area contributed by atoms with E-state index >= 15 is 0 Å². The number of ether oxygens (including phenoxy) is 1. The van der Waals surface area contributed by atoms with Gasteiger partial charge in [0.2, 0.25) is 0 Å². The Labute approximate surface area is 144 Å². The monoisotopic (exact) mass is 377 g/mol. The quantitative estimate of drug-likeness (QED) is 0.890. The van der Waals surface area contributed by atoms with Gasteiger partial charge in [0.25, 0.3) is 5.91 Å². The molecule has 0 unspecified atom stereocenters. The van der Waals surface area contributed by atoms with E-state index in [4.69, 9.17) is 4.74 Å². The van der Waals surface area contributed by atoms with Crippen molar-refractivity contribution in [2.45, 2.75) is 39.0 Å². The third kappa shape index (κ3) is 3.19. The summed E-state index contributed by atoms with van der Waals surface area (Å²) >= 11 is 3.52. The van der Waals surface area contributed by atoms with Crippen LogP contribution in [-0.4, -0.2) is 34.2 Å². The zero-order valence-electron chi connectivity index (χ0n) is 13.5. The summed E-state index contributed by atoms with van der Waals surface area (Å²) in [7, 11) is 1.80. The van der Waals surface area contributed by atoms with Crippen molar-refractivity contribution in [2.24, 2.45) is 0 Å². The third-order valence-electron chi connectivity index (χ3n) is 4.15. The molecule has 0 saturated carbocycles. The predicted octanol–water partition coefficient (Wildman–Crippen LogP) is 3.47. The molecule has 23 heavy (non-hydrogen) atoms. The van der Waals surface area contributed by atoms with E-state index in [1.165, 1.54) is 0 Å². The zero-order valence-corrected chi connectivity index (χ0v) is 15.1. The molecule has 3 rings (SSSR count). The summed E-state index contributed by atoms with van der Waals surface area (Å²) in [5, 5.41) is 7.24. The van der Waals surface area contributed by atoms with E-state index in [1.54, 1.807) is 11.9 Å². The van der Waals surface area contributed by atoms with Crippen molar-refractivity contribution in [3.63, 3.8) is 0 Å². The van der Waals surface area contributed by atoms with Crippen LogP contribution in [0.25, 0.3) is 0 Å². The van der Waals surface area contributed by atoms with Crippen LogP contribution < -0.4 is 0 Å². The van der Waals surface area contributed by atoms with Crippen LogP contribution in [0, 0.1) is 0 Å². The molecule has 0 spiro atoms. The standard InChI is InChI=1S/C17H20BrN3O2/c1-10-8-13-15(11(2)23-10)19-20-16(13)17(22)21(3)9-12-6-4-5-7-14(12)18/h4-7,10-11H,8-9H2,1-3H3,(H,19,20)/t10-,11+/m1/s1. The molecule has 1 aromatic heterocycles. The maximum atomic E-state index is 12.8. The highest BCUT2D eigenvalue weighted by Crippen LogP contribution is 2.30. The van der Waals surface area contributed by atoms with Crippen LogP contribution in [0.4, 0.5) is 0 Å². The minimum Gasteiger partial charge on any atom is -0.369 e. The molecule has 1 N–H and O–H groups in total. The molecule has 122 valence electrons. The average molecular weight is 378 g/mol. The van der Waals surface area contributed by atoms with E-state index in [2.05, 4.69) is 26.1 Å². The second-order valence-electron chi connectivity index (χ2n) is 6.01. The normalized spacial score (nSPS) is 20.2. The van der Waals surface area contributed by atoms with Crippen LogP contribution in [0.1, 0.15) is 47.3 Å². The van der Waals surface area contributed by atoms with Gasteiger partial charge in [-0.15, -0.1) is 0 Å². The Kier molecular flexibility index (Phi) is 4.55. The SMILES string of the molecule is C[C@@H]1Cc2c(C(=O)N(C)Cc3ccccc3Br)n[nH]c2[C@H](C)O1. The number of aromatic nitrogens is 2. The Hall–Kier alpha value is -1.66. The molecule has 2 aromatic rings. The van der Waals surface area contributed by atoms with Gasteiger partial charge in [-0.3, -0.25) is 9.89 Å². The van der Waals surface area contributed by atoms with Gasteiger partial charge >= 0.3 is 0 Å². The van der Waals surface area contributed by atoms with Crippen molar-refractivity contribution in [1.29, 1.82) is 0 Å². The number of carbonyl (C=O) groups is 1. The van der Waals surface area contributed by atoms with Crippen molar-refractivity contribution >= 4 is 21.8 Å². The van der Waals surface area contributed by atoms with E-state index in [9.17, 15) is 4.79 Å². The Balaban J connectivity index is 1.82. The lowest BCUT2D eigenvalue weighted by molar-refractivity contribution is -0.00701. The Morgan fingerprint density at radius 2 is 2.17 bits per heavy atom. The molecule has 1 aromatic carbocycles. The third-order valence-corrected chi connectivity index (χ3v) is 4.92. The van der Waals surface area contributed by atoms with E-state index in [-0.39, 0.29) is 18.1 Å². The molecule has 6 heteroatoms. The number of nitrogens with one attached hydrogen (secondary N) is 1. The summed E-state index contributed by atoms with van der Waals surface area (Å²) < 4.78 is 6.77. The molecular weight excluding hydrogens is 358 g/mol. The molecule has 0 saturated heterocycles. The van der Waals surface area contributed by atoms with Gasteiger partial charge in [0.1, 0.15) is 0 Å². The van der Waals surface area contributed by atoms with Crippen molar-refractivity contribution in [2.75, 3.05) is 7.05 Å². The van der Waals surface area contributed by atoms with Crippen molar-refractivity contribution in [3.05, 3.63) is 51.3 Å². The first-order valence-corrected chi connectivity index (χ1v) is 8.48. The van der Waals surface area contributed by atoms with E-state index < -0.39 is 0 Å². The van der Waals surface area contributed by atoms with E-state index in [1.807, 2.05) is 38.1 Å². The number of benzene rings is 1. The maximum absolute atomic E-state index is 12.8. The fourth-order valence-electron chi connectivity index (χ4n) is 2.99. The Bertz CT molecular complexity index is 728. The molecule has 0 aliphatic carbocycles. The number of carbonyl (C=O) groups excluding carboxylic acids is 1. The maximum Gasteiger partial charge on any atom is 0.274 e. The highest BCUT2D eigenvalue weighted by molar-refractivity contribution is 9.10. The Morgan fingerprint density at radius 1 is 1.43 bits per heavy atom. The number of aromatic amines is 1. The number of hydrogen-bond donors (Lipinski definition) is 1. The van der Waals surface area contributed by atoms with Crippen LogP contribution >= 0.6 is 15.9 Å². The van der Waals surface area contributed by atoms with Crippen LogP contribution in [-0.2, 0) is 17.7 Å². The number of rotatable bonds is 3. The van der Waals surface area contributed by atoms with Crippen molar-refractivity contribution < 1.29 is 9.53 Å². The van der Waals surface area contributed by atoms with Gasteiger partial charge in [-0.1, -0.05) is 34.1 Å². The molecule has 1 aliphatic heterocycles. The smallest absolute Gasteiger partial charge is 0.274 e. The first-order valence-electron chi connectivity index (χ1n) is 7.68. The number of fused-ring (bicyclic) bond motifs is 1. The minimum absolute atomic E-state index is 0.0589. The van der Waals surface area contributed by atoms with Crippen LogP contribution in [0.5, 0.6) is 0 Å². The molecule has 0 radical (unpaired) electrons. The molecule has 2 atom stereocenters. The molecule has 1 amide bonds. The van der Waals surface area contributed by atoms with Crippen LogP contribution in [0.2, 0.25) is 0 Å². The van der Waals surface area contributed by atoms with Gasteiger partial charge in [-0.25, -0.2) is 0 Å². The first-order chi connectivity index (χ1) is 11.0. The summed E-state index contributed by atoms with van der Waals surface area (Å²) in [4.78, 5) is 14.5. The second-order valence-corrected chi connectivity index (χ2v) is 6.86. The number of hydrogen-bond acceptors (Lipinski definition) is 3. The Morgan fingerprint density at radius 3 is 2.91 bits per heavy atom. The van der Waals surface area contributed by atoms with Crippen molar-refractivity contribution in [3.8, 4) is 0 Å². The lowest BCUT2D eigenvalue weighted by atomic mass is 9.99. The van der Waals surface area contributed by atoms with Gasteiger partial charge in [0.05, 0.1) is 17.9 Å². The molecule has 2 heterocycles. The first kappa shape index (κ1) is 16.2. The molecule has 5 nitrogen and oxygen atoms in total. The van der Waals surface area contributed by atoms with E-state index in [0.717, 1.165) is 21.3 Å². The largest absolute Gasteiger partial charge is 0.369 e. The van der Waals surface area contributed by atoms with Gasteiger partial charge in [-0.2, -0.15) is 5.10 Å². The molecule has 1 aliphatic rings. The molecule has 0 fully saturated rings. The zero-order chi connectivity index (χ0) is 16.6. The minimum atomic E-state index is -0.0699. The molecular formula is C17H20BrN3O2. The highest BCUT2D eigenvalue weighted by Gasteiger charge is 2.30. The van der Waals surface area contributed by atoms with Crippen molar-refractivity contribution in [1.82, 2.24) is 15.1 Å². The average Bonchev–Trinajstić information content (AvgIpc) is 2.92.